The number of anilines is 1. The van der Waals surface area contributed by atoms with Gasteiger partial charge in [-0.15, -0.1) is 5.48 Å². The second kappa shape index (κ2) is 9.88. The molecule has 0 spiro atoms. The lowest BCUT2D eigenvalue weighted by Crippen LogP contribution is -2.37. The Morgan fingerprint density at radius 1 is 1.15 bits per heavy atom. The van der Waals surface area contributed by atoms with Gasteiger partial charge in [0.2, 0.25) is 5.91 Å². The van der Waals surface area contributed by atoms with Gasteiger partial charge in [0, 0.05) is 23.9 Å². The van der Waals surface area contributed by atoms with Crippen LogP contribution in [0.5, 0.6) is 0 Å². The zero-order valence-electron chi connectivity index (χ0n) is 20.3. The first kappa shape index (κ1) is 23.8. The minimum Gasteiger partial charge on any atom is -0.481 e. The molecule has 1 heterocycles. The number of hydrogen-bond donors (Lipinski definition) is 3. The molecular weight excluding hydrogens is 416 g/mol. The summed E-state index contributed by atoms with van der Waals surface area (Å²) in [4.78, 5) is 30.7. The molecule has 2 saturated carbocycles. The van der Waals surface area contributed by atoms with Crippen LogP contribution < -0.4 is 10.8 Å². The molecule has 6 heteroatoms. The quantitative estimate of drug-likeness (QED) is 0.443. The van der Waals surface area contributed by atoms with Gasteiger partial charge < -0.3 is 15.3 Å². The van der Waals surface area contributed by atoms with Gasteiger partial charge in [0.1, 0.15) is 5.76 Å². The van der Waals surface area contributed by atoms with Crippen molar-refractivity contribution >= 4 is 17.6 Å². The van der Waals surface area contributed by atoms with Gasteiger partial charge in [-0.25, -0.2) is 0 Å². The molecule has 1 amide bonds. The third-order valence-corrected chi connectivity index (χ3v) is 7.37. The van der Waals surface area contributed by atoms with Crippen LogP contribution in [0.2, 0.25) is 0 Å². The average molecular weight is 455 g/mol. The molecule has 0 bridgehead atoms. The second-order valence-electron chi connectivity index (χ2n) is 10.9. The SMILES string of the molecule is Cc1ccc(C)c(NC(=O)CC(CC(=O)O)C2NOC(C3CC(CC(C)C)C3)=C2C2CC2)c1. The highest BCUT2D eigenvalue weighted by Crippen LogP contribution is 2.51. The Bertz CT molecular complexity index is 928. The van der Waals surface area contributed by atoms with Gasteiger partial charge >= 0.3 is 5.97 Å². The van der Waals surface area contributed by atoms with Crippen LogP contribution in [0.4, 0.5) is 5.69 Å². The van der Waals surface area contributed by atoms with Crippen LogP contribution in [0.25, 0.3) is 0 Å². The Hall–Kier alpha value is -2.34. The third kappa shape index (κ3) is 5.78. The number of amides is 1. The van der Waals surface area contributed by atoms with E-state index in [4.69, 9.17) is 4.84 Å². The van der Waals surface area contributed by atoms with Crippen molar-refractivity contribution in [2.24, 2.45) is 29.6 Å². The standard InChI is InChI=1S/C27H38N2O4/c1-15(2)9-18-11-21(12-18)27-25(19-7-8-19)26(29-33-27)20(14-24(31)32)13-23(30)28-22-10-16(3)5-6-17(22)4/h5-6,10,15,18-21,26,29H,7-9,11-14H2,1-4H3,(H,28,30)(H,31,32). The number of rotatable bonds is 10. The molecular formula is C27H38N2O4. The van der Waals surface area contributed by atoms with Crippen LogP contribution in [0.3, 0.4) is 0 Å². The van der Waals surface area contributed by atoms with Gasteiger partial charge in [-0.1, -0.05) is 26.0 Å². The highest BCUT2D eigenvalue weighted by molar-refractivity contribution is 5.92. The number of carboxylic acid groups (broad SMARTS) is 1. The molecule has 1 aromatic carbocycles. The van der Waals surface area contributed by atoms with Gasteiger partial charge in [-0.2, -0.15) is 0 Å². The molecule has 6 nitrogen and oxygen atoms in total. The molecule has 0 radical (unpaired) electrons. The van der Waals surface area contributed by atoms with Crippen LogP contribution in [-0.2, 0) is 14.4 Å². The van der Waals surface area contributed by atoms with E-state index in [1.165, 1.54) is 12.0 Å². The molecule has 0 aromatic heterocycles. The number of aryl methyl sites for hydroxylation is 2. The van der Waals surface area contributed by atoms with Crippen LogP contribution >= 0.6 is 0 Å². The zero-order chi connectivity index (χ0) is 23.7. The van der Waals surface area contributed by atoms with Gasteiger partial charge in [0.25, 0.3) is 0 Å². The van der Waals surface area contributed by atoms with Crippen molar-refractivity contribution in [3.8, 4) is 0 Å². The largest absolute Gasteiger partial charge is 0.481 e. The first-order valence-electron chi connectivity index (χ1n) is 12.5. The lowest BCUT2D eigenvalue weighted by molar-refractivity contribution is -0.138. The van der Waals surface area contributed by atoms with Crippen molar-refractivity contribution in [3.05, 3.63) is 40.7 Å². The summed E-state index contributed by atoms with van der Waals surface area (Å²) in [7, 11) is 0. The normalized spacial score (nSPS) is 25.5. The fourth-order valence-corrected chi connectivity index (χ4v) is 5.57. The van der Waals surface area contributed by atoms with Crippen molar-refractivity contribution in [1.29, 1.82) is 0 Å². The number of hydroxylamine groups is 1. The number of aliphatic carboxylic acids is 1. The molecule has 2 fully saturated rings. The lowest BCUT2D eigenvalue weighted by Gasteiger charge is -2.36. The maximum atomic E-state index is 13.0. The Balaban J connectivity index is 1.48. The van der Waals surface area contributed by atoms with E-state index >= 15 is 0 Å². The summed E-state index contributed by atoms with van der Waals surface area (Å²) in [6, 6.07) is 5.74. The van der Waals surface area contributed by atoms with E-state index in [9.17, 15) is 14.7 Å². The Labute approximate surface area is 197 Å². The monoisotopic (exact) mass is 454 g/mol. The molecule has 3 aliphatic rings. The molecule has 0 saturated heterocycles. The van der Waals surface area contributed by atoms with Crippen LogP contribution in [0.15, 0.2) is 29.5 Å². The first-order chi connectivity index (χ1) is 15.7. The van der Waals surface area contributed by atoms with Gasteiger partial charge in [0.05, 0.1) is 12.5 Å². The summed E-state index contributed by atoms with van der Waals surface area (Å²) >= 11 is 0. The summed E-state index contributed by atoms with van der Waals surface area (Å²) in [6.45, 7) is 8.49. The number of allylic oxidation sites excluding steroid dienone is 1. The maximum absolute atomic E-state index is 13.0. The molecule has 33 heavy (non-hydrogen) atoms. The molecule has 2 atom stereocenters. The summed E-state index contributed by atoms with van der Waals surface area (Å²) in [5.74, 6) is 2.01. The number of carbonyl (C=O) groups is 2. The van der Waals surface area contributed by atoms with Crippen molar-refractivity contribution in [1.82, 2.24) is 5.48 Å². The number of nitrogens with one attached hydrogen (secondary N) is 2. The van der Waals surface area contributed by atoms with E-state index in [0.717, 1.165) is 54.2 Å². The molecule has 4 rings (SSSR count). The van der Waals surface area contributed by atoms with Crippen LogP contribution in [0, 0.1) is 43.4 Å². The predicted molar refractivity (Wildman–Crippen MR) is 128 cm³/mol. The Kier molecular flexibility index (Phi) is 7.13. The molecule has 2 aliphatic carbocycles. The van der Waals surface area contributed by atoms with Crippen molar-refractivity contribution in [2.75, 3.05) is 5.32 Å². The minimum absolute atomic E-state index is 0.0641. The second-order valence-corrected chi connectivity index (χ2v) is 10.9. The van der Waals surface area contributed by atoms with E-state index in [-0.39, 0.29) is 30.7 Å². The lowest BCUT2D eigenvalue weighted by atomic mass is 9.69. The number of hydrogen-bond acceptors (Lipinski definition) is 4. The van der Waals surface area contributed by atoms with Crippen LogP contribution in [0.1, 0.15) is 69.9 Å². The fourth-order valence-electron chi connectivity index (χ4n) is 5.57. The maximum Gasteiger partial charge on any atom is 0.303 e. The predicted octanol–water partition coefficient (Wildman–Crippen LogP) is 5.36. The summed E-state index contributed by atoms with van der Waals surface area (Å²) in [5.41, 5.74) is 7.26. The number of benzene rings is 1. The summed E-state index contributed by atoms with van der Waals surface area (Å²) in [5, 5.41) is 12.6. The number of carboxylic acids is 1. The van der Waals surface area contributed by atoms with E-state index in [1.54, 1.807) is 0 Å². The minimum atomic E-state index is -0.884. The topological polar surface area (TPSA) is 87.7 Å². The van der Waals surface area contributed by atoms with Gasteiger partial charge in [-0.3, -0.25) is 9.59 Å². The summed E-state index contributed by atoms with van der Waals surface area (Å²) in [6.07, 6.45) is 5.87. The molecule has 1 aliphatic heterocycles. The van der Waals surface area contributed by atoms with E-state index in [0.29, 0.717) is 17.8 Å². The highest BCUT2D eigenvalue weighted by Gasteiger charge is 2.47. The van der Waals surface area contributed by atoms with E-state index in [1.807, 2.05) is 32.0 Å². The van der Waals surface area contributed by atoms with Crippen molar-refractivity contribution in [2.45, 2.75) is 78.7 Å². The Morgan fingerprint density at radius 3 is 2.52 bits per heavy atom. The molecule has 2 unspecified atom stereocenters. The molecule has 3 N–H and O–H groups in total. The summed E-state index contributed by atoms with van der Waals surface area (Å²) < 4.78 is 0. The number of carbonyl (C=O) groups excluding carboxylic acids is 1. The van der Waals surface area contributed by atoms with Gasteiger partial charge in [0.15, 0.2) is 0 Å². The molecule has 1 aromatic rings. The van der Waals surface area contributed by atoms with Crippen LogP contribution in [-0.4, -0.2) is 23.0 Å². The zero-order valence-corrected chi connectivity index (χ0v) is 20.3. The Morgan fingerprint density at radius 2 is 1.88 bits per heavy atom. The van der Waals surface area contributed by atoms with Gasteiger partial charge in [-0.05, 0) is 86.5 Å². The van der Waals surface area contributed by atoms with E-state index in [2.05, 4.69) is 24.6 Å². The first-order valence-corrected chi connectivity index (χ1v) is 12.5. The van der Waals surface area contributed by atoms with E-state index < -0.39 is 5.97 Å². The third-order valence-electron chi connectivity index (χ3n) is 7.37. The fraction of sp³-hybridized carbons (Fsp3) is 0.630. The smallest absolute Gasteiger partial charge is 0.303 e. The van der Waals surface area contributed by atoms with Crippen molar-refractivity contribution in [3.63, 3.8) is 0 Å². The highest BCUT2D eigenvalue weighted by atomic mass is 16.7. The molecule has 180 valence electrons. The average Bonchev–Trinajstić information content (AvgIpc) is 3.44. The van der Waals surface area contributed by atoms with Crippen molar-refractivity contribution < 1.29 is 19.5 Å².